The highest BCUT2D eigenvalue weighted by molar-refractivity contribution is 5.55. The average molecular weight is 322 g/mol. The van der Waals surface area contributed by atoms with Crippen LogP contribution in [0, 0.1) is 0 Å². The third-order valence-electron chi connectivity index (χ3n) is 4.22. The van der Waals surface area contributed by atoms with Crippen LogP contribution in [0.15, 0.2) is 46.9 Å². The Morgan fingerprint density at radius 2 is 1.92 bits per heavy atom. The smallest absolute Gasteiger partial charge is 0.254 e. The molecule has 2 aromatic carbocycles. The van der Waals surface area contributed by atoms with Crippen molar-refractivity contribution in [3.8, 4) is 23.0 Å². The topological polar surface area (TPSA) is 57.4 Å². The van der Waals surface area contributed by atoms with Crippen LogP contribution in [0.5, 0.6) is 11.5 Å². The molecular weight excluding hydrogens is 304 g/mol. The number of hydrogen-bond acceptors (Lipinski definition) is 5. The molecule has 0 N–H and O–H groups in total. The van der Waals surface area contributed by atoms with E-state index in [1.807, 2.05) is 30.3 Å². The molecule has 0 saturated carbocycles. The van der Waals surface area contributed by atoms with Crippen molar-refractivity contribution in [3.63, 3.8) is 0 Å². The molecule has 1 aromatic heterocycles. The molecule has 24 heavy (non-hydrogen) atoms. The molecule has 5 nitrogen and oxygen atoms in total. The summed E-state index contributed by atoms with van der Waals surface area (Å²) in [5.74, 6) is 2.51. The molecule has 0 aliphatic heterocycles. The fraction of sp³-hybridized carbons (Fsp3) is 0.263. The van der Waals surface area contributed by atoms with Gasteiger partial charge in [0.2, 0.25) is 5.89 Å². The Kier molecular flexibility index (Phi) is 3.91. The van der Waals surface area contributed by atoms with Gasteiger partial charge in [-0.05, 0) is 60.7 Å². The van der Waals surface area contributed by atoms with E-state index in [4.69, 9.17) is 13.9 Å². The highest BCUT2D eigenvalue weighted by atomic mass is 16.5. The van der Waals surface area contributed by atoms with Crippen molar-refractivity contribution in [2.75, 3.05) is 7.11 Å². The van der Waals surface area contributed by atoms with Crippen molar-refractivity contribution in [3.05, 3.63) is 59.5 Å². The minimum atomic E-state index is 0.260. The quantitative estimate of drug-likeness (QED) is 0.715. The number of rotatable bonds is 5. The maximum atomic E-state index is 5.79. The summed E-state index contributed by atoms with van der Waals surface area (Å²) in [6, 6.07) is 13.8. The van der Waals surface area contributed by atoms with Crippen LogP contribution < -0.4 is 9.47 Å². The lowest BCUT2D eigenvalue weighted by molar-refractivity contribution is 0.264. The predicted octanol–water partition coefficient (Wildman–Crippen LogP) is 3.81. The van der Waals surface area contributed by atoms with E-state index < -0.39 is 0 Å². The largest absolute Gasteiger partial charge is 0.497 e. The molecule has 5 heteroatoms. The minimum Gasteiger partial charge on any atom is -0.497 e. The van der Waals surface area contributed by atoms with Gasteiger partial charge >= 0.3 is 0 Å². The molecule has 0 bridgehead atoms. The Bertz CT molecular complexity index is 857. The van der Waals surface area contributed by atoms with Crippen LogP contribution in [0.1, 0.15) is 23.4 Å². The van der Waals surface area contributed by atoms with Crippen LogP contribution >= 0.6 is 0 Å². The summed E-state index contributed by atoms with van der Waals surface area (Å²) in [6.45, 7) is 0.260. The number of benzene rings is 2. The molecule has 1 aliphatic rings. The van der Waals surface area contributed by atoms with Crippen LogP contribution in [0.25, 0.3) is 11.5 Å². The Balaban J connectivity index is 1.45. The first-order valence-electron chi connectivity index (χ1n) is 8.03. The molecule has 0 unspecified atom stereocenters. The highest BCUT2D eigenvalue weighted by Crippen LogP contribution is 2.27. The van der Waals surface area contributed by atoms with E-state index in [2.05, 4.69) is 22.3 Å². The monoisotopic (exact) mass is 322 g/mol. The van der Waals surface area contributed by atoms with Gasteiger partial charge in [-0.25, -0.2) is 0 Å². The first-order chi connectivity index (χ1) is 11.8. The Morgan fingerprint density at radius 3 is 2.83 bits per heavy atom. The van der Waals surface area contributed by atoms with E-state index in [-0.39, 0.29) is 6.61 Å². The van der Waals surface area contributed by atoms with Crippen LogP contribution in [0.2, 0.25) is 0 Å². The zero-order valence-electron chi connectivity index (χ0n) is 13.5. The maximum absolute atomic E-state index is 5.79. The van der Waals surface area contributed by atoms with Crippen molar-refractivity contribution in [2.45, 2.75) is 25.9 Å². The minimum absolute atomic E-state index is 0.260. The Labute approximate surface area is 140 Å². The second-order valence-corrected chi connectivity index (χ2v) is 5.81. The number of ether oxygens (including phenoxy) is 2. The summed E-state index contributed by atoms with van der Waals surface area (Å²) >= 11 is 0. The van der Waals surface area contributed by atoms with Crippen molar-refractivity contribution in [1.29, 1.82) is 0 Å². The lowest BCUT2D eigenvalue weighted by Crippen LogP contribution is -1.96. The van der Waals surface area contributed by atoms with E-state index in [0.717, 1.165) is 23.5 Å². The number of fused-ring (bicyclic) bond motifs is 1. The number of aromatic nitrogens is 2. The van der Waals surface area contributed by atoms with Gasteiger partial charge in [0.25, 0.3) is 5.89 Å². The summed E-state index contributed by atoms with van der Waals surface area (Å²) in [6.07, 6.45) is 3.53. The zero-order chi connectivity index (χ0) is 16.4. The Hall–Kier alpha value is -2.82. The van der Waals surface area contributed by atoms with Crippen LogP contribution in [-0.2, 0) is 19.4 Å². The molecule has 0 radical (unpaired) electrons. The van der Waals surface area contributed by atoms with Gasteiger partial charge in [0.15, 0.2) is 6.61 Å². The fourth-order valence-electron chi connectivity index (χ4n) is 2.97. The molecular formula is C19H18N2O3. The van der Waals surface area contributed by atoms with Gasteiger partial charge in [-0.15, -0.1) is 10.2 Å². The van der Waals surface area contributed by atoms with E-state index in [1.165, 1.54) is 24.0 Å². The van der Waals surface area contributed by atoms with Crippen LogP contribution in [0.4, 0.5) is 0 Å². The first kappa shape index (κ1) is 14.8. The second-order valence-electron chi connectivity index (χ2n) is 5.81. The lowest BCUT2D eigenvalue weighted by atomic mass is 10.1. The SMILES string of the molecule is COc1cccc(-c2nnc(COc3ccc4c(c3)CCC4)o2)c1. The molecule has 0 amide bonds. The summed E-state index contributed by atoms with van der Waals surface area (Å²) < 4.78 is 16.7. The number of hydrogen-bond donors (Lipinski definition) is 0. The number of aryl methyl sites for hydroxylation is 2. The predicted molar refractivity (Wildman–Crippen MR) is 89.1 cm³/mol. The van der Waals surface area contributed by atoms with E-state index >= 15 is 0 Å². The van der Waals surface area contributed by atoms with Gasteiger partial charge in [-0.2, -0.15) is 0 Å². The van der Waals surface area contributed by atoms with Gasteiger partial charge in [-0.1, -0.05) is 12.1 Å². The third kappa shape index (κ3) is 2.97. The highest BCUT2D eigenvalue weighted by Gasteiger charge is 2.13. The van der Waals surface area contributed by atoms with Crippen molar-refractivity contribution >= 4 is 0 Å². The molecule has 0 saturated heterocycles. The Morgan fingerprint density at radius 1 is 1.00 bits per heavy atom. The first-order valence-corrected chi connectivity index (χ1v) is 8.03. The van der Waals surface area contributed by atoms with Crippen molar-refractivity contribution in [1.82, 2.24) is 10.2 Å². The van der Waals surface area contributed by atoms with Crippen LogP contribution in [0.3, 0.4) is 0 Å². The molecule has 1 heterocycles. The number of nitrogens with zero attached hydrogens (tertiary/aromatic N) is 2. The van der Waals surface area contributed by atoms with Gasteiger partial charge in [0.1, 0.15) is 11.5 Å². The van der Waals surface area contributed by atoms with E-state index in [0.29, 0.717) is 11.8 Å². The van der Waals surface area contributed by atoms with Gasteiger partial charge < -0.3 is 13.9 Å². The lowest BCUT2D eigenvalue weighted by Gasteiger charge is -2.05. The van der Waals surface area contributed by atoms with E-state index in [9.17, 15) is 0 Å². The van der Waals surface area contributed by atoms with Crippen molar-refractivity contribution < 1.29 is 13.9 Å². The molecule has 3 aromatic rings. The summed E-state index contributed by atoms with van der Waals surface area (Å²) in [4.78, 5) is 0. The van der Waals surface area contributed by atoms with Crippen molar-refractivity contribution in [2.24, 2.45) is 0 Å². The molecule has 122 valence electrons. The summed E-state index contributed by atoms with van der Waals surface area (Å²) in [5, 5.41) is 8.13. The second kappa shape index (κ2) is 6.35. The average Bonchev–Trinajstić information content (AvgIpc) is 3.28. The fourth-order valence-corrected chi connectivity index (χ4v) is 2.97. The molecule has 4 rings (SSSR count). The number of methoxy groups -OCH3 is 1. The zero-order valence-corrected chi connectivity index (χ0v) is 13.5. The third-order valence-corrected chi connectivity index (χ3v) is 4.22. The molecule has 0 fully saturated rings. The summed E-state index contributed by atoms with van der Waals surface area (Å²) in [7, 11) is 1.63. The van der Waals surface area contributed by atoms with E-state index in [1.54, 1.807) is 7.11 Å². The normalized spacial score (nSPS) is 12.9. The molecule has 0 spiro atoms. The maximum Gasteiger partial charge on any atom is 0.254 e. The molecule has 1 aliphatic carbocycles. The molecule has 0 atom stereocenters. The van der Waals surface area contributed by atoms with Crippen LogP contribution in [-0.4, -0.2) is 17.3 Å². The van der Waals surface area contributed by atoms with Gasteiger partial charge in [0, 0.05) is 5.56 Å². The van der Waals surface area contributed by atoms with Gasteiger partial charge in [0.05, 0.1) is 7.11 Å². The van der Waals surface area contributed by atoms with Gasteiger partial charge in [-0.3, -0.25) is 0 Å². The summed E-state index contributed by atoms with van der Waals surface area (Å²) in [5.41, 5.74) is 3.64. The standard InChI is InChI=1S/C19H18N2O3/c1-22-16-7-3-6-15(11-16)19-21-20-18(24-19)12-23-17-9-8-13-4-2-5-14(13)10-17/h3,6-11H,2,4-5,12H2,1H3.